The molecule has 1 N–H and O–H groups in total. The number of ether oxygens (including phenoxy) is 1. The first kappa shape index (κ1) is 20.0. The molecule has 0 aliphatic carbocycles. The van der Waals surface area contributed by atoms with E-state index in [0.29, 0.717) is 21.8 Å². The zero-order valence-electron chi connectivity index (χ0n) is 16.7. The van der Waals surface area contributed by atoms with Crippen molar-refractivity contribution in [3.05, 3.63) is 57.3 Å². The molecule has 0 aliphatic heterocycles. The molecule has 1 aromatic heterocycles. The Morgan fingerprint density at radius 3 is 2.50 bits per heavy atom. The Balaban J connectivity index is 1.98. The van der Waals surface area contributed by atoms with Gasteiger partial charge in [0, 0.05) is 5.69 Å². The third-order valence-corrected chi connectivity index (χ3v) is 4.75. The van der Waals surface area contributed by atoms with Crippen LogP contribution in [0.5, 0.6) is 5.75 Å². The predicted molar refractivity (Wildman–Crippen MR) is 113 cm³/mol. The second kappa shape index (κ2) is 7.36. The molecule has 0 radical (unpaired) electrons. The summed E-state index contributed by atoms with van der Waals surface area (Å²) in [5.74, 6) is 0.282. The fraction of sp³-hybridized carbons (Fsp3) is 0.333. The normalized spacial score (nSPS) is 11.6. The number of carbonyl (C=O) groups excluding carboxylic acids is 1. The number of nitrogens with one attached hydrogen (secondary N) is 1. The van der Waals surface area contributed by atoms with E-state index < -0.39 is 5.54 Å². The van der Waals surface area contributed by atoms with Gasteiger partial charge < -0.3 is 10.1 Å². The van der Waals surface area contributed by atoms with Crippen molar-refractivity contribution in [1.29, 1.82) is 0 Å². The zero-order chi connectivity index (χ0) is 20.6. The third kappa shape index (κ3) is 3.78. The average molecular weight is 402 g/mol. The van der Waals surface area contributed by atoms with E-state index in [0.717, 1.165) is 11.1 Å². The highest BCUT2D eigenvalue weighted by Crippen LogP contribution is 2.27. The lowest BCUT2D eigenvalue weighted by atomic mass is 10.1. The molecule has 0 bridgehead atoms. The number of fused-ring (bicyclic) bond motifs is 1. The minimum absolute atomic E-state index is 0.00270. The predicted octanol–water partition coefficient (Wildman–Crippen LogP) is 4.17. The molecule has 0 saturated heterocycles. The van der Waals surface area contributed by atoms with Gasteiger partial charge in [-0.15, -0.1) is 0 Å². The number of amides is 1. The number of methoxy groups -OCH3 is 1. The van der Waals surface area contributed by atoms with Crippen LogP contribution in [-0.4, -0.2) is 22.4 Å². The fourth-order valence-electron chi connectivity index (χ4n) is 3.28. The van der Waals surface area contributed by atoms with Gasteiger partial charge in [0.1, 0.15) is 12.3 Å². The summed E-state index contributed by atoms with van der Waals surface area (Å²) in [4.78, 5) is 25.7. The van der Waals surface area contributed by atoms with Crippen molar-refractivity contribution in [2.75, 3.05) is 12.4 Å². The Hall–Kier alpha value is -2.73. The first-order valence-corrected chi connectivity index (χ1v) is 9.35. The number of aromatic nitrogens is 2. The summed E-state index contributed by atoms with van der Waals surface area (Å²) in [6, 6.07) is 10.7. The van der Waals surface area contributed by atoms with Crippen molar-refractivity contribution < 1.29 is 9.53 Å². The Labute approximate surface area is 168 Å². The van der Waals surface area contributed by atoms with Crippen LogP contribution in [0.4, 0.5) is 5.69 Å². The minimum Gasteiger partial charge on any atom is -0.495 e. The van der Waals surface area contributed by atoms with E-state index in [-0.39, 0.29) is 18.0 Å². The molecule has 6 nitrogen and oxygen atoms in total. The van der Waals surface area contributed by atoms with Crippen LogP contribution in [0.15, 0.2) is 41.2 Å². The van der Waals surface area contributed by atoms with E-state index in [1.807, 2.05) is 45.9 Å². The van der Waals surface area contributed by atoms with Crippen molar-refractivity contribution in [2.45, 2.75) is 39.8 Å². The molecule has 148 valence electrons. The van der Waals surface area contributed by atoms with Crippen LogP contribution in [0, 0.1) is 6.92 Å². The van der Waals surface area contributed by atoms with Gasteiger partial charge in [0.15, 0.2) is 0 Å². The number of hydrogen-bond donors (Lipinski definition) is 1. The molecule has 1 amide bonds. The highest BCUT2D eigenvalue weighted by Gasteiger charge is 2.24. The van der Waals surface area contributed by atoms with Crippen molar-refractivity contribution in [2.24, 2.45) is 0 Å². The monoisotopic (exact) mass is 401 g/mol. The molecule has 1 heterocycles. The lowest BCUT2D eigenvalue weighted by Gasteiger charge is -2.24. The van der Waals surface area contributed by atoms with E-state index in [9.17, 15) is 9.59 Å². The second-order valence-corrected chi connectivity index (χ2v) is 8.17. The largest absolute Gasteiger partial charge is 0.495 e. The molecular weight excluding hydrogens is 378 g/mol. The second-order valence-electron chi connectivity index (χ2n) is 7.76. The highest BCUT2D eigenvalue weighted by atomic mass is 35.5. The summed E-state index contributed by atoms with van der Waals surface area (Å²) in [6.07, 6.45) is 0. The quantitative estimate of drug-likeness (QED) is 0.713. The van der Waals surface area contributed by atoms with Gasteiger partial charge in [-0.05, 0) is 58.0 Å². The molecule has 0 atom stereocenters. The molecule has 0 unspecified atom stereocenters. The van der Waals surface area contributed by atoms with Gasteiger partial charge >= 0.3 is 0 Å². The molecule has 2 aromatic carbocycles. The lowest BCUT2D eigenvalue weighted by Crippen LogP contribution is -2.38. The Kier molecular flexibility index (Phi) is 5.26. The Bertz CT molecular complexity index is 1110. The average Bonchev–Trinajstić information content (AvgIpc) is 2.86. The van der Waals surface area contributed by atoms with Crippen LogP contribution in [0.25, 0.3) is 10.9 Å². The maximum absolute atomic E-state index is 13.0. The third-order valence-electron chi connectivity index (χ3n) is 4.46. The van der Waals surface area contributed by atoms with Crippen molar-refractivity contribution >= 4 is 34.1 Å². The first-order chi connectivity index (χ1) is 13.1. The van der Waals surface area contributed by atoms with Crippen LogP contribution in [0.1, 0.15) is 26.3 Å². The van der Waals surface area contributed by atoms with Gasteiger partial charge in [-0.1, -0.05) is 23.2 Å². The van der Waals surface area contributed by atoms with Gasteiger partial charge in [-0.3, -0.25) is 14.3 Å². The van der Waals surface area contributed by atoms with Gasteiger partial charge in [0.05, 0.1) is 28.6 Å². The van der Waals surface area contributed by atoms with Crippen LogP contribution in [-0.2, 0) is 16.9 Å². The summed E-state index contributed by atoms with van der Waals surface area (Å²) in [7, 11) is 1.53. The van der Waals surface area contributed by atoms with Crippen LogP contribution in [0.2, 0.25) is 5.02 Å². The fourth-order valence-corrected chi connectivity index (χ4v) is 3.54. The first-order valence-electron chi connectivity index (χ1n) is 8.98. The number of nitrogens with zero attached hydrogens (tertiary/aromatic N) is 2. The molecule has 28 heavy (non-hydrogen) atoms. The number of aryl methyl sites for hydroxylation is 1. The number of anilines is 1. The van der Waals surface area contributed by atoms with Crippen LogP contribution >= 0.6 is 11.6 Å². The van der Waals surface area contributed by atoms with Crippen LogP contribution in [0.3, 0.4) is 0 Å². The lowest BCUT2D eigenvalue weighted by molar-refractivity contribution is -0.117. The maximum atomic E-state index is 13.0. The zero-order valence-corrected chi connectivity index (χ0v) is 17.4. The molecule has 3 aromatic rings. The SMILES string of the molecule is COc1ccc(NC(=O)Cn2c3ccc(C)cc3c(=O)n2C(C)(C)C)cc1Cl. The van der Waals surface area contributed by atoms with E-state index >= 15 is 0 Å². The minimum atomic E-state index is -0.478. The number of hydrogen-bond acceptors (Lipinski definition) is 3. The topological polar surface area (TPSA) is 65.3 Å². The Morgan fingerprint density at radius 2 is 1.89 bits per heavy atom. The summed E-state index contributed by atoms with van der Waals surface area (Å²) in [5, 5.41) is 3.85. The van der Waals surface area contributed by atoms with Gasteiger partial charge in [-0.2, -0.15) is 0 Å². The molecule has 7 heteroatoms. The standard InChI is InChI=1S/C21H24ClN3O3/c1-13-6-8-17-15(10-13)20(27)25(21(2,3)4)24(17)12-19(26)23-14-7-9-18(28-5)16(22)11-14/h6-11H,12H2,1-5H3,(H,23,26). The molecule has 0 saturated carbocycles. The van der Waals surface area contributed by atoms with Gasteiger partial charge in [0.25, 0.3) is 5.56 Å². The van der Waals surface area contributed by atoms with Crippen molar-refractivity contribution in [3.63, 3.8) is 0 Å². The molecule has 0 spiro atoms. The van der Waals surface area contributed by atoms with Gasteiger partial charge in [0.2, 0.25) is 5.91 Å². The summed E-state index contributed by atoms with van der Waals surface area (Å²) < 4.78 is 8.50. The number of halogens is 1. The highest BCUT2D eigenvalue weighted by molar-refractivity contribution is 6.32. The van der Waals surface area contributed by atoms with E-state index in [1.165, 1.54) is 7.11 Å². The van der Waals surface area contributed by atoms with E-state index in [4.69, 9.17) is 16.3 Å². The molecule has 0 aliphatic rings. The van der Waals surface area contributed by atoms with Crippen LogP contribution < -0.4 is 15.6 Å². The van der Waals surface area contributed by atoms with E-state index in [1.54, 1.807) is 27.6 Å². The van der Waals surface area contributed by atoms with Gasteiger partial charge in [-0.25, -0.2) is 4.68 Å². The smallest absolute Gasteiger partial charge is 0.275 e. The summed E-state index contributed by atoms with van der Waals surface area (Å²) >= 11 is 6.13. The van der Waals surface area contributed by atoms with Crippen molar-refractivity contribution in [3.8, 4) is 5.75 Å². The molecule has 0 fully saturated rings. The maximum Gasteiger partial charge on any atom is 0.275 e. The number of rotatable bonds is 4. The Morgan fingerprint density at radius 1 is 1.18 bits per heavy atom. The van der Waals surface area contributed by atoms with E-state index in [2.05, 4.69) is 5.32 Å². The molecular formula is C21H24ClN3O3. The number of benzene rings is 2. The summed E-state index contributed by atoms with van der Waals surface area (Å²) in [6.45, 7) is 7.77. The summed E-state index contributed by atoms with van der Waals surface area (Å²) in [5.41, 5.74) is 1.71. The number of carbonyl (C=O) groups is 1. The van der Waals surface area contributed by atoms with Crippen molar-refractivity contribution in [1.82, 2.24) is 9.36 Å². The molecule has 3 rings (SSSR count).